The van der Waals surface area contributed by atoms with Crippen molar-refractivity contribution in [2.45, 2.75) is 51.7 Å². The van der Waals surface area contributed by atoms with Gasteiger partial charge in [-0.15, -0.1) is 0 Å². The molecule has 0 aromatic heterocycles. The number of amides is 3. The normalized spacial score (nSPS) is 22.5. The van der Waals surface area contributed by atoms with E-state index in [0.717, 1.165) is 12.8 Å². The third-order valence-corrected chi connectivity index (χ3v) is 5.42. The second-order valence-electron chi connectivity index (χ2n) is 8.55. The van der Waals surface area contributed by atoms with Gasteiger partial charge in [-0.05, 0) is 52.2 Å². The maximum atomic E-state index is 13.0. The highest BCUT2D eigenvalue weighted by molar-refractivity contribution is 6.21. The maximum Gasteiger partial charge on any atom is 0.411 e. The number of hydrogen-bond donors (Lipinski definition) is 0. The average molecular weight is 386 g/mol. The fraction of sp³-hybridized carbons (Fsp3) is 0.500. The molecule has 3 aliphatic rings. The van der Waals surface area contributed by atoms with E-state index < -0.39 is 35.5 Å². The molecule has 1 saturated carbocycles. The van der Waals surface area contributed by atoms with Crippen LogP contribution in [0.2, 0.25) is 0 Å². The number of carbonyl (C=O) groups is 4. The van der Waals surface area contributed by atoms with E-state index in [0.29, 0.717) is 18.0 Å². The number of ether oxygens (including phenoxy) is 1. The molecule has 2 heterocycles. The molecule has 4 rings (SSSR count). The van der Waals surface area contributed by atoms with E-state index >= 15 is 0 Å². The maximum absolute atomic E-state index is 13.0. The van der Waals surface area contributed by atoms with Crippen molar-refractivity contribution in [3.63, 3.8) is 0 Å². The van der Waals surface area contributed by atoms with Gasteiger partial charge < -0.3 is 9.57 Å². The summed E-state index contributed by atoms with van der Waals surface area (Å²) in [5.41, 5.74) is -0.672. The number of carbonyl (C=O) groups excluding carboxylic acids is 4. The van der Waals surface area contributed by atoms with Gasteiger partial charge in [0, 0.05) is 12.0 Å². The third kappa shape index (κ3) is 2.93. The number of imide groups is 1. The van der Waals surface area contributed by atoms with Crippen molar-refractivity contribution < 1.29 is 28.8 Å². The van der Waals surface area contributed by atoms with Gasteiger partial charge in [-0.2, -0.15) is 0 Å². The molecule has 148 valence electrons. The average Bonchev–Trinajstić information content (AvgIpc) is 3.22. The Kier molecular flexibility index (Phi) is 3.99. The summed E-state index contributed by atoms with van der Waals surface area (Å²) in [5, 5.41) is 0.495. The SMILES string of the molecule is CC(C)(C)OC(=O)N1CCC2(CC2)C1C(=O)ON1C(=O)c2ccccc2C1=O. The van der Waals surface area contributed by atoms with E-state index in [1.807, 2.05) is 0 Å². The van der Waals surface area contributed by atoms with E-state index in [1.54, 1.807) is 32.9 Å². The summed E-state index contributed by atoms with van der Waals surface area (Å²) in [6.45, 7) is 5.62. The van der Waals surface area contributed by atoms with Crippen molar-refractivity contribution in [1.82, 2.24) is 9.96 Å². The topological polar surface area (TPSA) is 93.2 Å². The molecule has 1 unspecified atom stereocenters. The lowest BCUT2D eigenvalue weighted by Gasteiger charge is -2.29. The summed E-state index contributed by atoms with van der Waals surface area (Å²) in [5.74, 6) is -2.14. The van der Waals surface area contributed by atoms with Crippen LogP contribution in [-0.2, 0) is 14.4 Å². The van der Waals surface area contributed by atoms with Gasteiger partial charge in [-0.3, -0.25) is 14.5 Å². The van der Waals surface area contributed by atoms with Crippen LogP contribution in [0.15, 0.2) is 24.3 Å². The Morgan fingerprint density at radius 3 is 2.11 bits per heavy atom. The van der Waals surface area contributed by atoms with E-state index in [2.05, 4.69) is 0 Å². The molecule has 1 saturated heterocycles. The minimum atomic E-state index is -0.869. The zero-order chi connectivity index (χ0) is 20.3. The molecule has 8 heteroatoms. The molecule has 1 aromatic rings. The first-order valence-corrected chi connectivity index (χ1v) is 9.32. The van der Waals surface area contributed by atoms with Crippen LogP contribution >= 0.6 is 0 Å². The number of likely N-dealkylation sites (tertiary alicyclic amines) is 1. The van der Waals surface area contributed by atoms with Gasteiger partial charge in [0.25, 0.3) is 11.8 Å². The molecule has 2 aliphatic heterocycles. The fourth-order valence-corrected chi connectivity index (χ4v) is 3.91. The summed E-state index contributed by atoms with van der Waals surface area (Å²) in [6.07, 6.45) is 1.64. The number of rotatable bonds is 2. The summed E-state index contributed by atoms with van der Waals surface area (Å²) in [7, 11) is 0. The van der Waals surface area contributed by atoms with Crippen LogP contribution < -0.4 is 0 Å². The predicted octanol–water partition coefficient (Wildman–Crippen LogP) is 2.53. The number of hydroxylamine groups is 2. The molecule has 0 radical (unpaired) electrons. The molecular formula is C20H22N2O6. The zero-order valence-electron chi connectivity index (χ0n) is 16.1. The van der Waals surface area contributed by atoms with Crippen LogP contribution in [0.25, 0.3) is 0 Å². The number of fused-ring (bicyclic) bond motifs is 1. The molecule has 3 amide bonds. The van der Waals surface area contributed by atoms with Gasteiger partial charge in [-0.25, -0.2) is 9.59 Å². The molecule has 28 heavy (non-hydrogen) atoms. The molecule has 1 aromatic carbocycles. The first-order chi connectivity index (χ1) is 13.1. The Balaban J connectivity index is 1.54. The fourth-order valence-electron chi connectivity index (χ4n) is 3.91. The molecule has 1 spiro atoms. The largest absolute Gasteiger partial charge is 0.444 e. The van der Waals surface area contributed by atoms with E-state index in [4.69, 9.17) is 9.57 Å². The highest BCUT2D eigenvalue weighted by Gasteiger charge is 2.62. The Morgan fingerprint density at radius 1 is 1.04 bits per heavy atom. The zero-order valence-corrected chi connectivity index (χ0v) is 16.1. The highest BCUT2D eigenvalue weighted by atomic mass is 16.7. The van der Waals surface area contributed by atoms with Crippen LogP contribution in [0.3, 0.4) is 0 Å². The quantitative estimate of drug-likeness (QED) is 0.725. The second kappa shape index (κ2) is 6.05. The van der Waals surface area contributed by atoms with Crippen molar-refractivity contribution in [3.8, 4) is 0 Å². The highest BCUT2D eigenvalue weighted by Crippen LogP contribution is 2.57. The number of benzene rings is 1. The number of nitrogens with zero attached hydrogens (tertiary/aromatic N) is 2. The summed E-state index contributed by atoms with van der Waals surface area (Å²) in [6, 6.07) is 5.42. The first-order valence-electron chi connectivity index (χ1n) is 9.32. The minimum absolute atomic E-state index is 0.192. The lowest BCUT2D eigenvalue weighted by Crippen LogP contribution is -2.49. The molecule has 0 N–H and O–H groups in total. The monoisotopic (exact) mass is 386 g/mol. The minimum Gasteiger partial charge on any atom is -0.444 e. The van der Waals surface area contributed by atoms with Crippen LogP contribution in [0, 0.1) is 5.41 Å². The lowest BCUT2D eigenvalue weighted by molar-refractivity contribution is -0.175. The standard InChI is InChI=1S/C20H22N2O6/c1-19(2,3)27-18(26)21-11-10-20(8-9-20)14(21)17(25)28-22-15(23)12-6-4-5-7-13(12)16(22)24/h4-7,14H,8-11H2,1-3H3. The van der Waals surface area contributed by atoms with E-state index in [1.165, 1.54) is 17.0 Å². The van der Waals surface area contributed by atoms with Gasteiger partial charge >= 0.3 is 12.1 Å². The van der Waals surface area contributed by atoms with Crippen LogP contribution in [0.4, 0.5) is 4.79 Å². The van der Waals surface area contributed by atoms with Gasteiger partial charge in [0.1, 0.15) is 11.6 Å². The van der Waals surface area contributed by atoms with Crippen molar-refractivity contribution >= 4 is 23.9 Å². The van der Waals surface area contributed by atoms with Gasteiger partial charge in [0.05, 0.1) is 11.1 Å². The summed E-state index contributed by atoms with van der Waals surface area (Å²) >= 11 is 0. The third-order valence-electron chi connectivity index (χ3n) is 5.42. The Labute approximate surface area is 162 Å². The van der Waals surface area contributed by atoms with Crippen LogP contribution in [0.1, 0.15) is 60.7 Å². The number of hydrogen-bond acceptors (Lipinski definition) is 6. The second-order valence-corrected chi connectivity index (χ2v) is 8.55. The van der Waals surface area contributed by atoms with E-state index in [9.17, 15) is 19.2 Å². The lowest BCUT2D eigenvalue weighted by atomic mass is 9.97. The van der Waals surface area contributed by atoms with Crippen LogP contribution in [0.5, 0.6) is 0 Å². The van der Waals surface area contributed by atoms with Gasteiger partial charge in [0.15, 0.2) is 0 Å². The van der Waals surface area contributed by atoms with Crippen molar-refractivity contribution in [2.75, 3.05) is 6.54 Å². The van der Waals surface area contributed by atoms with Crippen molar-refractivity contribution in [2.24, 2.45) is 5.41 Å². The Hall–Kier alpha value is -2.90. The molecule has 0 bridgehead atoms. The molecule has 8 nitrogen and oxygen atoms in total. The smallest absolute Gasteiger partial charge is 0.411 e. The van der Waals surface area contributed by atoms with Gasteiger partial charge in [0.2, 0.25) is 0 Å². The molecular weight excluding hydrogens is 364 g/mol. The van der Waals surface area contributed by atoms with Crippen molar-refractivity contribution in [1.29, 1.82) is 0 Å². The molecule has 1 atom stereocenters. The summed E-state index contributed by atoms with van der Waals surface area (Å²) in [4.78, 5) is 57.1. The summed E-state index contributed by atoms with van der Waals surface area (Å²) < 4.78 is 5.42. The van der Waals surface area contributed by atoms with Gasteiger partial charge in [-0.1, -0.05) is 17.2 Å². The Bertz CT molecular complexity index is 848. The molecule has 1 aliphatic carbocycles. The Morgan fingerprint density at radius 2 is 1.61 bits per heavy atom. The van der Waals surface area contributed by atoms with E-state index in [-0.39, 0.29) is 16.5 Å². The van der Waals surface area contributed by atoms with Crippen molar-refractivity contribution in [3.05, 3.63) is 35.4 Å². The predicted molar refractivity (Wildman–Crippen MR) is 96.0 cm³/mol. The van der Waals surface area contributed by atoms with Crippen LogP contribution in [-0.4, -0.2) is 52.0 Å². The first kappa shape index (κ1) is 18.5. The molecule has 2 fully saturated rings.